The number of rotatable bonds is 7. The van der Waals surface area contributed by atoms with Gasteiger partial charge in [-0.3, -0.25) is 4.79 Å². The first kappa shape index (κ1) is 16.4. The monoisotopic (exact) mass is 363 g/mol. The van der Waals surface area contributed by atoms with E-state index in [-0.39, 0.29) is 5.91 Å². The van der Waals surface area contributed by atoms with E-state index in [0.29, 0.717) is 24.5 Å². The number of hydrogen-bond donors (Lipinski definition) is 1. The molecule has 22 heavy (non-hydrogen) atoms. The van der Waals surface area contributed by atoms with Crippen molar-refractivity contribution in [3.05, 3.63) is 58.6 Å². The third-order valence-corrected chi connectivity index (χ3v) is 3.73. The average Bonchev–Trinajstić information content (AvgIpc) is 2.55. The van der Waals surface area contributed by atoms with Crippen LogP contribution in [0.25, 0.3) is 0 Å². The van der Waals surface area contributed by atoms with E-state index in [1.165, 1.54) is 0 Å². The van der Waals surface area contributed by atoms with Crippen molar-refractivity contribution in [1.82, 2.24) is 5.32 Å². The smallest absolute Gasteiger partial charge is 0.252 e. The maximum absolute atomic E-state index is 12.1. The highest BCUT2D eigenvalue weighted by atomic mass is 79.9. The van der Waals surface area contributed by atoms with E-state index in [9.17, 15) is 4.79 Å². The number of para-hydroxylation sites is 1. The standard InChI is InChI=1S/C17H18BrNO3/c1-21-14-8-9-16(18)15(12-14)17(20)19-10-5-11-22-13-6-3-2-4-7-13/h2-4,6-9,12H,5,10-11H2,1H3,(H,19,20). The van der Waals surface area contributed by atoms with E-state index in [2.05, 4.69) is 21.2 Å². The van der Waals surface area contributed by atoms with E-state index in [1.807, 2.05) is 30.3 Å². The van der Waals surface area contributed by atoms with E-state index in [0.717, 1.165) is 16.6 Å². The molecule has 0 bridgehead atoms. The zero-order valence-corrected chi connectivity index (χ0v) is 13.9. The number of carbonyl (C=O) groups is 1. The quantitative estimate of drug-likeness (QED) is 0.763. The molecule has 0 atom stereocenters. The second-order valence-electron chi connectivity index (χ2n) is 4.62. The van der Waals surface area contributed by atoms with Gasteiger partial charge >= 0.3 is 0 Å². The molecule has 0 spiro atoms. The van der Waals surface area contributed by atoms with Crippen LogP contribution in [0.1, 0.15) is 16.8 Å². The minimum absolute atomic E-state index is 0.134. The van der Waals surface area contributed by atoms with Gasteiger partial charge in [-0.2, -0.15) is 0 Å². The van der Waals surface area contributed by atoms with Crippen molar-refractivity contribution in [1.29, 1.82) is 0 Å². The topological polar surface area (TPSA) is 47.6 Å². The van der Waals surface area contributed by atoms with Crippen molar-refractivity contribution in [3.8, 4) is 11.5 Å². The highest BCUT2D eigenvalue weighted by molar-refractivity contribution is 9.10. The third kappa shape index (κ3) is 4.77. The van der Waals surface area contributed by atoms with Crippen molar-refractivity contribution in [2.24, 2.45) is 0 Å². The Morgan fingerprint density at radius 1 is 1.14 bits per heavy atom. The van der Waals surface area contributed by atoms with Gasteiger partial charge in [0.2, 0.25) is 0 Å². The summed E-state index contributed by atoms with van der Waals surface area (Å²) < 4.78 is 11.4. The number of amides is 1. The Hall–Kier alpha value is -2.01. The van der Waals surface area contributed by atoms with Crippen LogP contribution in [0.3, 0.4) is 0 Å². The molecule has 5 heteroatoms. The van der Waals surface area contributed by atoms with Gasteiger partial charge in [0.15, 0.2) is 0 Å². The van der Waals surface area contributed by atoms with Gasteiger partial charge in [0.1, 0.15) is 11.5 Å². The van der Waals surface area contributed by atoms with Gasteiger partial charge in [-0.25, -0.2) is 0 Å². The fourth-order valence-corrected chi connectivity index (χ4v) is 2.31. The summed E-state index contributed by atoms with van der Waals surface area (Å²) in [4.78, 5) is 12.1. The maximum Gasteiger partial charge on any atom is 0.252 e. The van der Waals surface area contributed by atoms with Crippen molar-refractivity contribution < 1.29 is 14.3 Å². The molecular formula is C17H18BrNO3. The molecule has 0 aromatic heterocycles. The molecule has 2 rings (SSSR count). The van der Waals surface area contributed by atoms with Crippen molar-refractivity contribution in [2.75, 3.05) is 20.3 Å². The predicted molar refractivity (Wildman–Crippen MR) is 89.6 cm³/mol. The molecule has 2 aromatic carbocycles. The van der Waals surface area contributed by atoms with Gasteiger partial charge in [-0.15, -0.1) is 0 Å². The largest absolute Gasteiger partial charge is 0.497 e. The summed E-state index contributed by atoms with van der Waals surface area (Å²) in [5.41, 5.74) is 0.559. The lowest BCUT2D eigenvalue weighted by molar-refractivity contribution is 0.0950. The molecule has 0 unspecified atom stereocenters. The van der Waals surface area contributed by atoms with Gasteiger partial charge in [0.05, 0.1) is 19.3 Å². The Bertz CT molecular complexity index is 617. The highest BCUT2D eigenvalue weighted by Crippen LogP contribution is 2.22. The number of nitrogens with one attached hydrogen (secondary N) is 1. The van der Waals surface area contributed by atoms with Crippen molar-refractivity contribution >= 4 is 21.8 Å². The van der Waals surface area contributed by atoms with Crippen LogP contribution in [-0.4, -0.2) is 26.2 Å². The zero-order chi connectivity index (χ0) is 15.8. The molecule has 0 aliphatic carbocycles. The predicted octanol–water partition coefficient (Wildman–Crippen LogP) is 3.66. The van der Waals surface area contributed by atoms with Crippen LogP contribution in [0.4, 0.5) is 0 Å². The molecule has 116 valence electrons. The Morgan fingerprint density at radius 2 is 1.91 bits per heavy atom. The third-order valence-electron chi connectivity index (χ3n) is 3.04. The first-order valence-corrected chi connectivity index (χ1v) is 7.79. The summed E-state index contributed by atoms with van der Waals surface area (Å²) in [6.45, 7) is 1.11. The second-order valence-corrected chi connectivity index (χ2v) is 5.47. The number of carbonyl (C=O) groups excluding carboxylic acids is 1. The minimum Gasteiger partial charge on any atom is -0.497 e. The molecule has 4 nitrogen and oxygen atoms in total. The summed E-state index contributed by atoms with van der Waals surface area (Å²) in [6, 6.07) is 14.9. The Labute approximate surface area is 138 Å². The molecule has 1 N–H and O–H groups in total. The summed E-state index contributed by atoms with van der Waals surface area (Å²) >= 11 is 3.37. The van der Waals surface area contributed by atoms with Gasteiger partial charge in [-0.1, -0.05) is 18.2 Å². The van der Waals surface area contributed by atoms with Crippen LogP contribution in [0.2, 0.25) is 0 Å². The molecule has 1 amide bonds. The van der Waals surface area contributed by atoms with E-state index >= 15 is 0 Å². The summed E-state index contributed by atoms with van der Waals surface area (Å²) in [7, 11) is 1.58. The van der Waals surface area contributed by atoms with E-state index < -0.39 is 0 Å². The first-order chi connectivity index (χ1) is 10.7. The summed E-state index contributed by atoms with van der Waals surface area (Å²) in [6.07, 6.45) is 0.738. The molecule has 0 aliphatic heterocycles. The molecule has 2 aromatic rings. The fourth-order valence-electron chi connectivity index (χ4n) is 1.88. The normalized spacial score (nSPS) is 10.1. The molecular weight excluding hydrogens is 346 g/mol. The van der Waals surface area contributed by atoms with Gasteiger partial charge in [-0.05, 0) is 52.7 Å². The van der Waals surface area contributed by atoms with Gasteiger partial charge in [0, 0.05) is 11.0 Å². The fraction of sp³-hybridized carbons (Fsp3) is 0.235. The Morgan fingerprint density at radius 3 is 2.64 bits per heavy atom. The van der Waals surface area contributed by atoms with Crippen LogP contribution in [0.5, 0.6) is 11.5 Å². The lowest BCUT2D eigenvalue weighted by Crippen LogP contribution is -2.25. The highest BCUT2D eigenvalue weighted by Gasteiger charge is 2.10. The van der Waals surface area contributed by atoms with Gasteiger partial charge < -0.3 is 14.8 Å². The molecule has 0 saturated carbocycles. The van der Waals surface area contributed by atoms with E-state index in [4.69, 9.17) is 9.47 Å². The summed E-state index contributed by atoms with van der Waals surface area (Å²) in [5.74, 6) is 1.36. The lowest BCUT2D eigenvalue weighted by Gasteiger charge is -2.09. The second kappa shape index (κ2) is 8.44. The number of benzene rings is 2. The van der Waals surface area contributed by atoms with Crippen LogP contribution < -0.4 is 14.8 Å². The molecule has 0 aliphatic rings. The van der Waals surface area contributed by atoms with E-state index in [1.54, 1.807) is 25.3 Å². The first-order valence-electron chi connectivity index (χ1n) is 7.00. The number of methoxy groups -OCH3 is 1. The lowest BCUT2D eigenvalue weighted by atomic mass is 10.2. The van der Waals surface area contributed by atoms with Crippen LogP contribution in [-0.2, 0) is 0 Å². The zero-order valence-electron chi connectivity index (χ0n) is 12.3. The Balaban J connectivity index is 1.76. The van der Waals surface area contributed by atoms with Crippen LogP contribution in [0.15, 0.2) is 53.0 Å². The number of halogens is 1. The molecule has 0 radical (unpaired) electrons. The molecule has 0 heterocycles. The average molecular weight is 364 g/mol. The molecule has 0 fully saturated rings. The Kier molecular flexibility index (Phi) is 6.27. The van der Waals surface area contributed by atoms with Crippen molar-refractivity contribution in [2.45, 2.75) is 6.42 Å². The maximum atomic E-state index is 12.1. The molecule has 0 saturated heterocycles. The van der Waals surface area contributed by atoms with Crippen LogP contribution in [0, 0.1) is 0 Å². The summed E-state index contributed by atoms with van der Waals surface area (Å²) in [5, 5.41) is 2.87. The van der Waals surface area contributed by atoms with Gasteiger partial charge in [0.25, 0.3) is 5.91 Å². The number of hydrogen-bond acceptors (Lipinski definition) is 3. The SMILES string of the molecule is COc1ccc(Br)c(C(=O)NCCCOc2ccccc2)c1. The van der Waals surface area contributed by atoms with Crippen LogP contribution >= 0.6 is 15.9 Å². The number of ether oxygens (including phenoxy) is 2. The minimum atomic E-state index is -0.134. The van der Waals surface area contributed by atoms with Crippen molar-refractivity contribution in [3.63, 3.8) is 0 Å².